The van der Waals surface area contributed by atoms with Gasteiger partial charge in [0.2, 0.25) is 0 Å². The Morgan fingerprint density at radius 3 is 0.461 bits per heavy atom. The van der Waals surface area contributed by atoms with Crippen LogP contribution in [0.2, 0.25) is 4.44 Å². The summed E-state index contributed by atoms with van der Waals surface area (Å²) in [4.78, 5) is 37.8. The van der Waals surface area contributed by atoms with Crippen molar-refractivity contribution in [3.63, 3.8) is 0 Å². The van der Waals surface area contributed by atoms with Gasteiger partial charge in [-0.1, -0.05) is 298 Å². The number of carboxylic acid groups (broad SMARTS) is 3. The third kappa shape index (κ3) is 58.3. The first-order valence-corrected chi connectivity index (χ1v) is 54.1. The first kappa shape index (κ1) is 111. The first-order chi connectivity index (χ1) is 49.2. The van der Waals surface area contributed by atoms with Gasteiger partial charge in [0, 0.05) is 0 Å². The number of unbranched alkanes of at least 4 members (excludes halogenated alkanes) is 14. The number of carbonyl (C=O) groups is 3. The molecule has 0 fully saturated rings. The van der Waals surface area contributed by atoms with Gasteiger partial charge < -0.3 is 29.7 Å². The minimum absolute atomic E-state index is 0.606. The van der Waals surface area contributed by atoms with E-state index in [0.29, 0.717) is 53.3 Å². The van der Waals surface area contributed by atoms with Gasteiger partial charge >= 0.3 is 72.4 Å². The molecule has 6 nitrogen and oxygen atoms in total. The molecule has 608 valence electrons. The molecule has 0 bridgehead atoms. The van der Waals surface area contributed by atoms with E-state index in [2.05, 4.69) is 132 Å². The van der Waals surface area contributed by atoms with E-state index in [1.165, 1.54) is 216 Å². The van der Waals surface area contributed by atoms with Crippen molar-refractivity contribution < 1.29 is 29.7 Å². The van der Waals surface area contributed by atoms with Crippen molar-refractivity contribution in [3.8, 4) is 0 Å². The SMILES string of the molecule is CCCCC(CC)CSC(SCC(CC)CCCC)(SCC(CC)CCCC)C(=O)[O-].CCCCC(CC)CSC(SCC(CC)CCCC)(SCC(CC)CCCC)C(=O)[O-].CCCCC(CC)CSC(SCC(CC)CCCC)(SCC(CC)CCCC)C(=O)[O-].CCCCCCC[CH2][Sn+3]. The Kier molecular flexibility index (Phi) is 85.3. The molecule has 9 atom stereocenters. The van der Waals surface area contributed by atoms with E-state index in [-0.39, 0.29) is 0 Å². The van der Waals surface area contributed by atoms with E-state index in [1.807, 2.05) is 0 Å². The molecule has 0 aromatic heterocycles. The Morgan fingerprint density at radius 2 is 0.353 bits per heavy atom. The Bertz CT molecular complexity index is 1450. The fraction of sp³-hybridized carbons (Fsp3) is 0.965. The molecule has 0 aliphatic rings. The molecular weight excluding hydrogens is 1540 g/mol. The Labute approximate surface area is 690 Å². The zero-order valence-electron chi connectivity index (χ0n) is 70.6. The van der Waals surface area contributed by atoms with Crippen LogP contribution in [0.5, 0.6) is 0 Å². The summed E-state index contributed by atoms with van der Waals surface area (Å²) in [5, 5.41) is 37.8. The van der Waals surface area contributed by atoms with Crippen molar-refractivity contribution in [2.24, 2.45) is 53.3 Å². The van der Waals surface area contributed by atoms with Gasteiger partial charge in [0.05, 0.1) is 17.9 Å². The summed E-state index contributed by atoms with van der Waals surface area (Å²) >= 11 is 16.8. The van der Waals surface area contributed by atoms with E-state index in [0.717, 1.165) is 110 Å². The molecule has 0 spiro atoms. The van der Waals surface area contributed by atoms with Crippen LogP contribution in [-0.2, 0) is 14.4 Å². The van der Waals surface area contributed by atoms with Gasteiger partial charge in [-0.15, -0.1) is 106 Å². The van der Waals surface area contributed by atoms with Gasteiger partial charge in [0.15, 0.2) is 0 Å². The van der Waals surface area contributed by atoms with E-state index in [9.17, 15) is 29.7 Å². The summed E-state index contributed by atoms with van der Waals surface area (Å²) in [5.74, 6) is 11.2. The Balaban J connectivity index is -0.000000663. The summed E-state index contributed by atoms with van der Waals surface area (Å²) in [6.07, 6.45) is 51.8. The number of aliphatic carboxylic acids is 3. The Morgan fingerprint density at radius 1 is 0.225 bits per heavy atom. The molecular formula is C86H170O6S9Sn. The molecule has 0 heterocycles. The standard InChI is InChI=1S/3C26H52O2S3.C8H17.Sn/c3*1-7-13-16-22(10-4)19-29-26(25(27)28,30-20-23(11-5)17-14-8-2)31-21-24(12-6)18-15-9-3;1-3-5-7-8-6-4-2;/h3*22-24H,7-21H2,1-6H3,(H,27,28);1,3-8H2,2H3;/q;;;;+3/p-3. The molecule has 0 amide bonds. The average molecular weight is 1710 g/mol. The van der Waals surface area contributed by atoms with Crippen molar-refractivity contribution >= 4 is 146 Å². The number of carbonyl (C=O) groups excluding carboxylic acids is 3. The molecule has 0 rings (SSSR count). The van der Waals surface area contributed by atoms with Crippen molar-refractivity contribution in [2.75, 3.05) is 51.8 Å². The second-order valence-corrected chi connectivity index (χ2v) is 44.5. The van der Waals surface area contributed by atoms with Crippen molar-refractivity contribution in [1.29, 1.82) is 0 Å². The van der Waals surface area contributed by atoms with Crippen LogP contribution in [0.3, 0.4) is 0 Å². The molecule has 0 saturated carbocycles. The van der Waals surface area contributed by atoms with Crippen molar-refractivity contribution in [1.82, 2.24) is 0 Å². The summed E-state index contributed by atoms with van der Waals surface area (Å²) < 4.78 is -1.13. The summed E-state index contributed by atoms with van der Waals surface area (Å²) in [7, 11) is 0. The maximum atomic E-state index is 12.6. The van der Waals surface area contributed by atoms with Crippen LogP contribution in [0.25, 0.3) is 0 Å². The number of hydrogen-bond acceptors (Lipinski definition) is 15. The van der Waals surface area contributed by atoms with Crippen LogP contribution >= 0.6 is 106 Å². The molecule has 102 heavy (non-hydrogen) atoms. The van der Waals surface area contributed by atoms with Gasteiger partial charge in [-0.3, -0.25) is 0 Å². The van der Waals surface area contributed by atoms with Crippen LogP contribution < -0.4 is 15.3 Å². The van der Waals surface area contributed by atoms with Gasteiger partial charge in [-0.25, -0.2) is 0 Å². The zero-order valence-corrected chi connectivity index (χ0v) is 80.8. The predicted molar refractivity (Wildman–Crippen MR) is 479 cm³/mol. The first-order valence-electron chi connectivity index (χ1n) is 43.2. The minimum atomic E-state index is -0.867. The van der Waals surface area contributed by atoms with E-state index in [4.69, 9.17) is 0 Å². The molecule has 0 saturated heterocycles. The molecule has 0 aliphatic heterocycles. The third-order valence-corrected chi connectivity index (χ3v) is 38.8. The topological polar surface area (TPSA) is 120 Å². The summed E-state index contributed by atoms with van der Waals surface area (Å²) in [6.45, 7) is 42.6. The second kappa shape index (κ2) is 78.6. The van der Waals surface area contributed by atoms with E-state index < -0.39 is 28.1 Å². The van der Waals surface area contributed by atoms with E-state index >= 15 is 0 Å². The third-order valence-electron chi connectivity index (χ3n) is 20.8. The van der Waals surface area contributed by atoms with Crippen LogP contribution in [0, 0.1) is 53.3 Å². The average Bonchev–Trinajstić information content (AvgIpc) is 0.852. The monoisotopic (exact) mass is 1710 g/mol. The fourth-order valence-electron chi connectivity index (χ4n) is 11.9. The number of rotatable bonds is 72. The zero-order chi connectivity index (χ0) is 77.6. The Hall–Kier alpha value is 2.36. The van der Waals surface area contributed by atoms with E-state index in [1.54, 1.807) is 128 Å². The van der Waals surface area contributed by atoms with Gasteiger partial charge in [0.25, 0.3) is 0 Å². The molecule has 0 radical (unpaired) electrons. The summed E-state index contributed by atoms with van der Waals surface area (Å²) in [6, 6.07) is 0. The van der Waals surface area contributed by atoms with Crippen molar-refractivity contribution in [3.05, 3.63) is 0 Å². The molecule has 9 unspecified atom stereocenters. The predicted octanol–water partition coefficient (Wildman–Crippen LogP) is 27.7. The molecule has 0 aromatic rings. The van der Waals surface area contributed by atoms with Crippen LogP contribution in [0.4, 0.5) is 0 Å². The summed E-state index contributed by atoms with van der Waals surface area (Å²) in [5.41, 5.74) is 0. The van der Waals surface area contributed by atoms with Crippen LogP contribution in [0.1, 0.15) is 401 Å². The van der Waals surface area contributed by atoms with Crippen LogP contribution in [-0.4, -0.2) is 102 Å². The van der Waals surface area contributed by atoms with Crippen LogP contribution in [0.15, 0.2) is 0 Å². The normalized spacial score (nSPS) is 16.0. The number of thioether (sulfide) groups is 9. The van der Waals surface area contributed by atoms with Gasteiger partial charge in [-0.2, -0.15) is 0 Å². The fourth-order valence-corrected chi connectivity index (χ4v) is 28.1. The molecule has 0 aromatic carbocycles. The molecule has 0 N–H and O–H groups in total. The van der Waals surface area contributed by atoms with Crippen molar-refractivity contribution in [2.45, 2.75) is 416 Å². The van der Waals surface area contributed by atoms with Gasteiger partial charge in [0.1, 0.15) is 10.2 Å². The number of hydrogen-bond donors (Lipinski definition) is 0. The molecule has 16 heteroatoms. The second-order valence-electron chi connectivity index (χ2n) is 29.6. The maximum absolute atomic E-state index is 12.6. The quantitative estimate of drug-likeness (QED) is 0.0326. The molecule has 0 aliphatic carbocycles. The number of carboxylic acids is 3. The van der Waals surface area contributed by atoms with Gasteiger partial charge in [-0.05, 0) is 163 Å².